The summed E-state index contributed by atoms with van der Waals surface area (Å²) in [5.41, 5.74) is 5.78. The van der Waals surface area contributed by atoms with Crippen LogP contribution in [0.3, 0.4) is 0 Å². The van der Waals surface area contributed by atoms with E-state index in [4.69, 9.17) is 0 Å². The van der Waals surface area contributed by atoms with Gasteiger partial charge in [-0.2, -0.15) is 0 Å². The number of hydrogen-bond acceptors (Lipinski definition) is 1. The van der Waals surface area contributed by atoms with Crippen molar-refractivity contribution in [2.45, 2.75) is 0 Å². The fourth-order valence-electron chi connectivity index (χ4n) is 3.61. The molecule has 0 saturated heterocycles. The zero-order chi connectivity index (χ0) is 17.3. The van der Waals surface area contributed by atoms with Crippen LogP contribution in [0.5, 0.6) is 0 Å². The second-order valence-electron chi connectivity index (χ2n) is 6.41. The monoisotopic (exact) mass is 334 g/mol. The van der Waals surface area contributed by atoms with E-state index < -0.39 is 0 Å². The number of benzene rings is 4. The van der Waals surface area contributed by atoms with Crippen LogP contribution in [-0.2, 0) is 0 Å². The van der Waals surface area contributed by atoms with Crippen molar-refractivity contribution in [3.8, 4) is 5.69 Å². The molecule has 2 heteroatoms. The Morgan fingerprint density at radius 3 is 1.77 bits per heavy atom. The number of para-hydroxylation sites is 3. The van der Waals surface area contributed by atoms with Gasteiger partial charge in [0.05, 0.1) is 11.0 Å². The minimum atomic E-state index is 1.08. The lowest BCUT2D eigenvalue weighted by Gasteiger charge is -2.11. The largest absolute Gasteiger partial charge is 0.355 e. The fourth-order valence-corrected chi connectivity index (χ4v) is 3.61. The molecule has 26 heavy (non-hydrogen) atoms. The SMILES string of the molecule is c1ccc(Nc2cccc(-n3c4ccccc4c4ccccc43)c2)cc1. The molecule has 124 valence electrons. The van der Waals surface area contributed by atoms with E-state index in [0.29, 0.717) is 0 Å². The van der Waals surface area contributed by atoms with Gasteiger partial charge in [-0.25, -0.2) is 0 Å². The second-order valence-corrected chi connectivity index (χ2v) is 6.41. The molecule has 1 heterocycles. The van der Waals surface area contributed by atoms with Crippen molar-refractivity contribution in [3.05, 3.63) is 103 Å². The van der Waals surface area contributed by atoms with Crippen LogP contribution in [0.25, 0.3) is 27.5 Å². The van der Waals surface area contributed by atoms with Gasteiger partial charge in [0, 0.05) is 27.8 Å². The van der Waals surface area contributed by atoms with Gasteiger partial charge >= 0.3 is 0 Å². The third-order valence-corrected chi connectivity index (χ3v) is 4.75. The number of hydrogen-bond donors (Lipinski definition) is 1. The van der Waals surface area contributed by atoms with E-state index in [9.17, 15) is 0 Å². The minimum absolute atomic E-state index is 1.08. The van der Waals surface area contributed by atoms with Crippen LogP contribution in [-0.4, -0.2) is 4.57 Å². The Balaban J connectivity index is 1.69. The maximum atomic E-state index is 3.49. The van der Waals surface area contributed by atoms with E-state index in [1.807, 2.05) is 18.2 Å². The average molecular weight is 334 g/mol. The molecule has 0 spiro atoms. The highest BCUT2D eigenvalue weighted by Crippen LogP contribution is 2.32. The smallest absolute Gasteiger partial charge is 0.0541 e. The van der Waals surface area contributed by atoms with E-state index in [1.165, 1.54) is 21.8 Å². The molecule has 1 N–H and O–H groups in total. The second kappa shape index (κ2) is 6.08. The summed E-state index contributed by atoms with van der Waals surface area (Å²) in [5.74, 6) is 0. The maximum Gasteiger partial charge on any atom is 0.0541 e. The van der Waals surface area contributed by atoms with Crippen LogP contribution in [0.4, 0.5) is 11.4 Å². The Bertz CT molecular complexity index is 1150. The summed E-state index contributed by atoms with van der Waals surface area (Å²) in [4.78, 5) is 0. The molecule has 5 aromatic rings. The molecule has 1 aromatic heterocycles. The van der Waals surface area contributed by atoms with Crippen molar-refractivity contribution in [2.75, 3.05) is 5.32 Å². The van der Waals surface area contributed by atoms with Gasteiger partial charge in [-0.3, -0.25) is 0 Å². The van der Waals surface area contributed by atoms with Gasteiger partial charge in [-0.1, -0.05) is 60.7 Å². The molecule has 2 nitrogen and oxygen atoms in total. The average Bonchev–Trinajstić information content (AvgIpc) is 3.04. The highest BCUT2D eigenvalue weighted by atomic mass is 15.0. The Kier molecular flexibility index (Phi) is 3.46. The molecule has 4 aromatic carbocycles. The molecule has 0 bridgehead atoms. The van der Waals surface area contributed by atoms with Gasteiger partial charge in [0.25, 0.3) is 0 Å². The summed E-state index contributed by atoms with van der Waals surface area (Å²) in [6, 6.07) is 36.0. The summed E-state index contributed by atoms with van der Waals surface area (Å²) in [5, 5.41) is 6.05. The molecule has 0 aliphatic heterocycles. The van der Waals surface area contributed by atoms with Crippen molar-refractivity contribution < 1.29 is 0 Å². The van der Waals surface area contributed by atoms with Gasteiger partial charge in [-0.15, -0.1) is 0 Å². The molecule has 0 saturated carbocycles. The van der Waals surface area contributed by atoms with Gasteiger partial charge in [0.2, 0.25) is 0 Å². The number of anilines is 2. The van der Waals surface area contributed by atoms with Crippen LogP contribution in [0, 0.1) is 0 Å². The summed E-state index contributed by atoms with van der Waals surface area (Å²) in [7, 11) is 0. The number of rotatable bonds is 3. The summed E-state index contributed by atoms with van der Waals surface area (Å²) >= 11 is 0. The van der Waals surface area contributed by atoms with Gasteiger partial charge in [0.15, 0.2) is 0 Å². The lowest BCUT2D eigenvalue weighted by Crippen LogP contribution is -1.96. The van der Waals surface area contributed by atoms with E-state index in [1.54, 1.807) is 0 Å². The summed E-state index contributed by atoms with van der Waals surface area (Å²) in [6.45, 7) is 0. The first-order chi connectivity index (χ1) is 12.9. The highest BCUT2D eigenvalue weighted by molar-refractivity contribution is 6.09. The predicted octanol–water partition coefficient (Wildman–Crippen LogP) is 6.53. The molecule has 0 amide bonds. The van der Waals surface area contributed by atoms with Gasteiger partial charge < -0.3 is 9.88 Å². The van der Waals surface area contributed by atoms with Crippen molar-refractivity contribution in [2.24, 2.45) is 0 Å². The Labute approximate surface area is 152 Å². The van der Waals surface area contributed by atoms with E-state index in [2.05, 4.69) is 94.8 Å². The zero-order valence-electron chi connectivity index (χ0n) is 14.3. The topological polar surface area (TPSA) is 17.0 Å². The van der Waals surface area contributed by atoms with E-state index >= 15 is 0 Å². The molecule has 0 unspecified atom stereocenters. The number of aromatic nitrogens is 1. The Morgan fingerprint density at radius 1 is 0.500 bits per heavy atom. The molecule has 0 atom stereocenters. The summed E-state index contributed by atoms with van der Waals surface area (Å²) in [6.07, 6.45) is 0. The molecule has 0 fully saturated rings. The zero-order valence-corrected chi connectivity index (χ0v) is 14.3. The quantitative estimate of drug-likeness (QED) is 0.397. The normalized spacial score (nSPS) is 11.1. The van der Waals surface area contributed by atoms with Crippen LogP contribution in [0.1, 0.15) is 0 Å². The van der Waals surface area contributed by atoms with Gasteiger partial charge in [-0.05, 0) is 42.5 Å². The maximum absolute atomic E-state index is 3.49. The molecule has 0 radical (unpaired) electrons. The Morgan fingerprint density at radius 2 is 1.08 bits per heavy atom. The van der Waals surface area contributed by atoms with Gasteiger partial charge in [0.1, 0.15) is 0 Å². The Hall–Kier alpha value is -3.52. The van der Waals surface area contributed by atoms with Crippen molar-refractivity contribution in [1.82, 2.24) is 4.57 Å². The van der Waals surface area contributed by atoms with Crippen molar-refractivity contribution >= 4 is 33.2 Å². The molecule has 0 aliphatic carbocycles. The number of nitrogens with zero attached hydrogens (tertiary/aromatic N) is 1. The van der Waals surface area contributed by atoms with E-state index in [0.717, 1.165) is 17.1 Å². The minimum Gasteiger partial charge on any atom is -0.355 e. The lowest BCUT2D eigenvalue weighted by molar-refractivity contribution is 1.18. The van der Waals surface area contributed by atoms with Crippen molar-refractivity contribution in [1.29, 1.82) is 0 Å². The van der Waals surface area contributed by atoms with Crippen LogP contribution >= 0.6 is 0 Å². The van der Waals surface area contributed by atoms with Crippen LogP contribution < -0.4 is 5.32 Å². The fraction of sp³-hybridized carbons (Fsp3) is 0. The number of nitrogens with one attached hydrogen (secondary N) is 1. The first kappa shape index (κ1) is 14.8. The van der Waals surface area contributed by atoms with Crippen LogP contribution in [0.15, 0.2) is 103 Å². The third kappa shape index (κ3) is 2.44. The van der Waals surface area contributed by atoms with Crippen LogP contribution in [0.2, 0.25) is 0 Å². The molecular weight excluding hydrogens is 316 g/mol. The molecular formula is C24H18N2. The van der Waals surface area contributed by atoms with E-state index in [-0.39, 0.29) is 0 Å². The third-order valence-electron chi connectivity index (χ3n) is 4.75. The van der Waals surface area contributed by atoms with Crippen molar-refractivity contribution in [3.63, 3.8) is 0 Å². The number of fused-ring (bicyclic) bond motifs is 3. The molecule has 0 aliphatic rings. The first-order valence-electron chi connectivity index (χ1n) is 8.81. The molecule has 5 rings (SSSR count). The lowest BCUT2D eigenvalue weighted by atomic mass is 10.2. The summed E-state index contributed by atoms with van der Waals surface area (Å²) < 4.78 is 2.33. The first-order valence-corrected chi connectivity index (χ1v) is 8.81. The highest BCUT2D eigenvalue weighted by Gasteiger charge is 2.11. The predicted molar refractivity (Wildman–Crippen MR) is 111 cm³/mol. The standard InChI is InChI=1S/C24H18N2/c1-2-9-18(10-3-1)25-19-11-8-12-20(17-19)26-23-15-6-4-13-21(23)22-14-5-7-16-24(22)26/h1-17,25H.